The first-order valence-corrected chi connectivity index (χ1v) is 9.05. The van der Waals surface area contributed by atoms with Gasteiger partial charge in [-0.3, -0.25) is 9.59 Å². The van der Waals surface area contributed by atoms with Crippen molar-refractivity contribution >= 4 is 11.8 Å². The van der Waals surface area contributed by atoms with E-state index in [1.165, 1.54) is 0 Å². The van der Waals surface area contributed by atoms with E-state index in [9.17, 15) is 9.59 Å². The highest BCUT2D eigenvalue weighted by Crippen LogP contribution is 2.32. The third-order valence-electron chi connectivity index (χ3n) is 4.62. The van der Waals surface area contributed by atoms with Crippen molar-refractivity contribution in [1.29, 1.82) is 0 Å². The Bertz CT molecular complexity index is 586. The van der Waals surface area contributed by atoms with Gasteiger partial charge in [0.1, 0.15) is 6.61 Å². The Morgan fingerprint density at radius 3 is 2.44 bits per heavy atom. The second-order valence-electron chi connectivity index (χ2n) is 7.42. The van der Waals surface area contributed by atoms with Crippen LogP contribution < -0.4 is 0 Å². The molecule has 1 aromatic carbocycles. The fourth-order valence-electron chi connectivity index (χ4n) is 3.21. The standard InChI is InChI=1S/C20H30N2O3/c1-14(2)11-12-21(5)20(24)19-18(16-9-7-6-8-10-16)22(15(3)4)17(23)13-25-19/h6-10,14-15,18-19H,11-13H2,1-5H3/t18-,19+/m1/s1. The number of likely N-dealkylation sites (N-methyl/N-ethyl adjacent to an activating group) is 1. The Hall–Kier alpha value is -1.88. The van der Waals surface area contributed by atoms with E-state index in [2.05, 4.69) is 13.8 Å². The molecular formula is C20H30N2O3. The number of hydrogen-bond acceptors (Lipinski definition) is 3. The van der Waals surface area contributed by atoms with Gasteiger partial charge in [0.25, 0.3) is 5.91 Å². The zero-order valence-corrected chi connectivity index (χ0v) is 15.9. The van der Waals surface area contributed by atoms with Gasteiger partial charge in [0, 0.05) is 19.6 Å². The van der Waals surface area contributed by atoms with E-state index in [1.807, 2.05) is 51.2 Å². The summed E-state index contributed by atoms with van der Waals surface area (Å²) in [7, 11) is 1.81. The monoisotopic (exact) mass is 346 g/mol. The van der Waals surface area contributed by atoms with Gasteiger partial charge in [0.15, 0.2) is 6.10 Å². The average molecular weight is 346 g/mol. The molecule has 0 saturated carbocycles. The van der Waals surface area contributed by atoms with Crippen LogP contribution >= 0.6 is 0 Å². The molecule has 25 heavy (non-hydrogen) atoms. The minimum absolute atomic E-state index is 0.00197. The lowest BCUT2D eigenvalue weighted by atomic mass is 9.95. The molecule has 1 heterocycles. The number of carbonyl (C=O) groups excluding carboxylic acids is 2. The van der Waals surface area contributed by atoms with E-state index in [1.54, 1.807) is 9.80 Å². The van der Waals surface area contributed by atoms with Crippen LogP contribution in [0.5, 0.6) is 0 Å². The summed E-state index contributed by atoms with van der Waals surface area (Å²) in [6.45, 7) is 8.87. The smallest absolute Gasteiger partial charge is 0.253 e. The SMILES string of the molecule is CC(C)CCN(C)C(=O)[C@H]1OCC(=O)N(C(C)C)[C@@H]1c1ccccc1. The minimum Gasteiger partial charge on any atom is -0.356 e. The van der Waals surface area contributed by atoms with E-state index >= 15 is 0 Å². The van der Waals surface area contributed by atoms with Crippen molar-refractivity contribution in [2.24, 2.45) is 5.92 Å². The molecule has 2 rings (SSSR count). The van der Waals surface area contributed by atoms with E-state index in [0.717, 1.165) is 12.0 Å². The highest BCUT2D eigenvalue weighted by atomic mass is 16.5. The highest BCUT2D eigenvalue weighted by molar-refractivity contribution is 5.86. The molecule has 0 N–H and O–H groups in total. The summed E-state index contributed by atoms with van der Waals surface area (Å²) in [4.78, 5) is 29.0. The fraction of sp³-hybridized carbons (Fsp3) is 0.600. The van der Waals surface area contributed by atoms with Crippen molar-refractivity contribution in [2.75, 3.05) is 20.2 Å². The van der Waals surface area contributed by atoms with Crippen LogP contribution in [-0.2, 0) is 14.3 Å². The maximum atomic E-state index is 13.0. The molecule has 0 spiro atoms. The number of morpholine rings is 1. The molecular weight excluding hydrogens is 316 g/mol. The van der Waals surface area contributed by atoms with Gasteiger partial charge in [0.2, 0.25) is 5.91 Å². The molecule has 1 aromatic rings. The molecule has 0 radical (unpaired) electrons. The normalized spacial score (nSPS) is 21.1. The number of amides is 2. The van der Waals surface area contributed by atoms with Gasteiger partial charge >= 0.3 is 0 Å². The van der Waals surface area contributed by atoms with E-state index < -0.39 is 12.1 Å². The number of ether oxygens (including phenoxy) is 1. The molecule has 1 saturated heterocycles. The van der Waals surface area contributed by atoms with Crippen LogP contribution in [0.25, 0.3) is 0 Å². The van der Waals surface area contributed by atoms with Crippen LogP contribution in [0.1, 0.15) is 45.7 Å². The predicted molar refractivity (Wildman–Crippen MR) is 98.0 cm³/mol. The number of carbonyl (C=O) groups is 2. The van der Waals surface area contributed by atoms with Crippen LogP contribution in [-0.4, -0.2) is 54.0 Å². The maximum absolute atomic E-state index is 13.0. The van der Waals surface area contributed by atoms with Gasteiger partial charge in [-0.05, 0) is 31.7 Å². The lowest BCUT2D eigenvalue weighted by molar-refractivity contribution is -0.171. The van der Waals surface area contributed by atoms with E-state index in [0.29, 0.717) is 12.5 Å². The summed E-state index contributed by atoms with van der Waals surface area (Å²) in [5.41, 5.74) is 0.930. The number of benzene rings is 1. The van der Waals surface area contributed by atoms with Crippen LogP contribution in [0.4, 0.5) is 0 Å². The lowest BCUT2D eigenvalue weighted by Gasteiger charge is -2.43. The van der Waals surface area contributed by atoms with E-state index in [-0.39, 0.29) is 24.5 Å². The Kier molecular flexibility index (Phi) is 6.59. The van der Waals surface area contributed by atoms with Crippen LogP contribution in [0, 0.1) is 5.92 Å². The zero-order chi connectivity index (χ0) is 18.6. The minimum atomic E-state index is -0.667. The number of rotatable bonds is 6. The zero-order valence-electron chi connectivity index (χ0n) is 15.9. The molecule has 0 aromatic heterocycles. The number of hydrogen-bond donors (Lipinski definition) is 0. The fourth-order valence-corrected chi connectivity index (χ4v) is 3.21. The van der Waals surface area contributed by atoms with Crippen molar-refractivity contribution in [3.63, 3.8) is 0 Å². The molecule has 2 amide bonds. The predicted octanol–water partition coefficient (Wildman–Crippen LogP) is 2.87. The summed E-state index contributed by atoms with van der Waals surface area (Å²) in [5.74, 6) is 0.395. The van der Waals surface area contributed by atoms with Crippen molar-refractivity contribution in [2.45, 2.75) is 52.3 Å². The molecule has 1 aliphatic heterocycles. The van der Waals surface area contributed by atoms with Crippen molar-refractivity contribution in [3.05, 3.63) is 35.9 Å². The summed E-state index contributed by atoms with van der Waals surface area (Å²) < 4.78 is 5.74. The van der Waals surface area contributed by atoms with Crippen LogP contribution in [0.15, 0.2) is 30.3 Å². The molecule has 0 aliphatic carbocycles. The Labute approximate surface area is 150 Å². The van der Waals surface area contributed by atoms with Gasteiger partial charge in [-0.15, -0.1) is 0 Å². The molecule has 0 bridgehead atoms. The summed E-state index contributed by atoms with van der Waals surface area (Å²) in [5, 5.41) is 0. The van der Waals surface area contributed by atoms with Gasteiger partial charge in [0.05, 0.1) is 6.04 Å². The molecule has 5 nitrogen and oxygen atoms in total. The third-order valence-corrected chi connectivity index (χ3v) is 4.62. The molecule has 0 unspecified atom stereocenters. The van der Waals surface area contributed by atoms with Crippen LogP contribution in [0.2, 0.25) is 0 Å². The third kappa shape index (κ3) is 4.60. The molecule has 1 aliphatic rings. The Morgan fingerprint density at radius 2 is 1.88 bits per heavy atom. The largest absolute Gasteiger partial charge is 0.356 e. The maximum Gasteiger partial charge on any atom is 0.253 e. The molecule has 2 atom stereocenters. The highest BCUT2D eigenvalue weighted by Gasteiger charge is 2.43. The first-order valence-electron chi connectivity index (χ1n) is 9.05. The summed E-state index contributed by atoms with van der Waals surface area (Å²) in [6.07, 6.45) is 0.275. The lowest BCUT2D eigenvalue weighted by Crippen LogP contribution is -2.56. The van der Waals surface area contributed by atoms with Crippen molar-refractivity contribution in [3.8, 4) is 0 Å². The quantitative estimate of drug-likeness (QED) is 0.796. The van der Waals surface area contributed by atoms with Gasteiger partial charge in [-0.25, -0.2) is 0 Å². The Morgan fingerprint density at radius 1 is 1.24 bits per heavy atom. The first kappa shape index (κ1) is 19.4. The molecule has 5 heteroatoms. The van der Waals surface area contributed by atoms with Gasteiger partial charge in [-0.2, -0.15) is 0 Å². The average Bonchev–Trinajstić information content (AvgIpc) is 2.59. The van der Waals surface area contributed by atoms with Crippen LogP contribution in [0.3, 0.4) is 0 Å². The second-order valence-corrected chi connectivity index (χ2v) is 7.42. The Balaban J connectivity index is 2.30. The van der Waals surface area contributed by atoms with E-state index in [4.69, 9.17) is 4.74 Å². The summed E-state index contributed by atoms with van der Waals surface area (Å²) >= 11 is 0. The molecule has 138 valence electrons. The first-order chi connectivity index (χ1) is 11.8. The van der Waals surface area contributed by atoms with Gasteiger partial charge < -0.3 is 14.5 Å². The topological polar surface area (TPSA) is 49.9 Å². The van der Waals surface area contributed by atoms with Crippen molar-refractivity contribution < 1.29 is 14.3 Å². The number of nitrogens with zero attached hydrogens (tertiary/aromatic N) is 2. The molecule has 1 fully saturated rings. The summed E-state index contributed by atoms with van der Waals surface area (Å²) in [6, 6.07) is 9.30. The van der Waals surface area contributed by atoms with Gasteiger partial charge in [-0.1, -0.05) is 44.2 Å². The van der Waals surface area contributed by atoms with Crippen molar-refractivity contribution in [1.82, 2.24) is 9.80 Å². The second kappa shape index (κ2) is 8.48.